The summed E-state index contributed by atoms with van der Waals surface area (Å²) < 4.78 is 0. The number of alkyl halides is 1. The van der Waals surface area contributed by atoms with E-state index < -0.39 is 0 Å². The number of hydrogen-bond acceptors (Lipinski definition) is 2. The zero-order valence-electron chi connectivity index (χ0n) is 8.43. The van der Waals surface area contributed by atoms with Crippen molar-refractivity contribution in [2.75, 3.05) is 16.8 Å². The Kier molecular flexibility index (Phi) is 6.69. The molecule has 1 amide bonds. The van der Waals surface area contributed by atoms with E-state index in [0.29, 0.717) is 12.5 Å². The molecule has 1 aliphatic heterocycles. The minimum Gasteiger partial charge on any atom is -0.353 e. The first-order valence-electron chi connectivity index (χ1n) is 5.26. The number of amides is 1. The normalized spacial score (nSPS) is 21.9. The first-order chi connectivity index (χ1) is 6.83. The maximum atomic E-state index is 11.5. The lowest BCUT2D eigenvalue weighted by Crippen LogP contribution is -2.38. The maximum Gasteiger partial charge on any atom is 0.220 e. The van der Waals surface area contributed by atoms with Crippen molar-refractivity contribution in [3.05, 3.63) is 0 Å². The largest absolute Gasteiger partial charge is 0.353 e. The first-order valence-corrected chi connectivity index (χ1v) is 7.53. The topological polar surface area (TPSA) is 29.1 Å². The molecule has 4 heteroatoms. The summed E-state index contributed by atoms with van der Waals surface area (Å²) in [6, 6.07) is 0.435. The summed E-state index contributed by atoms with van der Waals surface area (Å²) in [5.41, 5.74) is 0. The van der Waals surface area contributed by atoms with E-state index >= 15 is 0 Å². The number of rotatable bonds is 5. The molecule has 0 saturated carbocycles. The fourth-order valence-electron chi connectivity index (χ4n) is 1.53. The molecule has 82 valence electrons. The van der Waals surface area contributed by atoms with Crippen LogP contribution in [0.3, 0.4) is 0 Å². The van der Waals surface area contributed by atoms with E-state index in [0.717, 1.165) is 30.3 Å². The summed E-state index contributed by atoms with van der Waals surface area (Å²) in [4.78, 5) is 11.5. The van der Waals surface area contributed by atoms with Crippen LogP contribution in [-0.4, -0.2) is 28.8 Å². The van der Waals surface area contributed by atoms with Crippen LogP contribution in [0.4, 0.5) is 0 Å². The van der Waals surface area contributed by atoms with Gasteiger partial charge in [0.05, 0.1) is 0 Å². The van der Waals surface area contributed by atoms with Gasteiger partial charge in [0.25, 0.3) is 0 Å². The second-order valence-electron chi connectivity index (χ2n) is 3.63. The third-order valence-corrected chi connectivity index (χ3v) is 4.09. The zero-order valence-corrected chi connectivity index (χ0v) is 10.8. The van der Waals surface area contributed by atoms with Crippen LogP contribution in [0.2, 0.25) is 0 Å². The fraction of sp³-hybridized carbons (Fsp3) is 0.900. The highest BCUT2D eigenvalue weighted by molar-refractivity contribution is 9.09. The average Bonchev–Trinajstić information content (AvgIpc) is 2.20. The van der Waals surface area contributed by atoms with Gasteiger partial charge in [-0.2, -0.15) is 11.8 Å². The van der Waals surface area contributed by atoms with Gasteiger partial charge < -0.3 is 5.32 Å². The predicted octanol–water partition coefficient (Wildman–Crippen LogP) is 2.56. The highest BCUT2D eigenvalue weighted by Crippen LogP contribution is 2.16. The van der Waals surface area contributed by atoms with Crippen LogP contribution in [0, 0.1) is 0 Å². The van der Waals surface area contributed by atoms with Gasteiger partial charge in [-0.15, -0.1) is 0 Å². The van der Waals surface area contributed by atoms with Gasteiger partial charge in [0.15, 0.2) is 0 Å². The van der Waals surface area contributed by atoms with Crippen LogP contribution in [0.5, 0.6) is 0 Å². The van der Waals surface area contributed by atoms with Gasteiger partial charge in [-0.1, -0.05) is 15.9 Å². The number of halogens is 1. The van der Waals surface area contributed by atoms with Gasteiger partial charge in [0.1, 0.15) is 0 Å². The Labute approximate surface area is 98.7 Å². The van der Waals surface area contributed by atoms with E-state index in [1.54, 1.807) is 0 Å². The molecule has 1 unspecified atom stereocenters. The molecule has 1 N–H and O–H groups in total. The van der Waals surface area contributed by atoms with Crippen LogP contribution in [0.15, 0.2) is 0 Å². The number of thioether (sulfide) groups is 1. The lowest BCUT2D eigenvalue weighted by atomic mass is 10.1. The SMILES string of the molecule is O=C(CCCCBr)NC1CCCSC1. The molecule has 0 aliphatic carbocycles. The summed E-state index contributed by atoms with van der Waals surface area (Å²) in [6.07, 6.45) is 5.19. The second kappa shape index (κ2) is 7.57. The van der Waals surface area contributed by atoms with Crippen LogP contribution in [-0.2, 0) is 4.79 Å². The number of unbranched alkanes of at least 4 members (excludes halogenated alkanes) is 1. The van der Waals surface area contributed by atoms with Crippen molar-refractivity contribution >= 4 is 33.6 Å². The Hall–Kier alpha value is 0.300. The number of carbonyl (C=O) groups is 1. The quantitative estimate of drug-likeness (QED) is 0.619. The van der Waals surface area contributed by atoms with E-state index in [9.17, 15) is 4.79 Å². The molecule has 1 saturated heterocycles. The molecule has 1 aliphatic rings. The number of nitrogens with one attached hydrogen (secondary N) is 1. The molecule has 14 heavy (non-hydrogen) atoms. The van der Waals surface area contributed by atoms with Gasteiger partial charge in [-0.3, -0.25) is 4.79 Å². The third kappa shape index (κ3) is 5.25. The second-order valence-corrected chi connectivity index (χ2v) is 5.57. The standard InChI is InChI=1S/C10H18BrNOS/c11-6-2-1-5-10(13)12-9-4-3-7-14-8-9/h9H,1-8H2,(H,12,13). The molecule has 2 nitrogen and oxygen atoms in total. The molecule has 0 aromatic rings. The highest BCUT2D eigenvalue weighted by atomic mass is 79.9. The van der Waals surface area contributed by atoms with Crippen molar-refractivity contribution in [1.29, 1.82) is 0 Å². The molecule has 1 heterocycles. The molecule has 1 rings (SSSR count). The minimum absolute atomic E-state index is 0.235. The minimum atomic E-state index is 0.235. The highest BCUT2D eigenvalue weighted by Gasteiger charge is 2.15. The van der Waals surface area contributed by atoms with Gasteiger partial charge in [0.2, 0.25) is 5.91 Å². The van der Waals surface area contributed by atoms with E-state index in [1.807, 2.05) is 11.8 Å². The van der Waals surface area contributed by atoms with E-state index in [2.05, 4.69) is 21.2 Å². The summed E-state index contributed by atoms with van der Waals surface area (Å²) in [6.45, 7) is 0. The first kappa shape index (κ1) is 12.4. The summed E-state index contributed by atoms with van der Waals surface area (Å²) in [7, 11) is 0. The molecule has 0 bridgehead atoms. The molecule has 0 radical (unpaired) electrons. The Morgan fingerprint density at radius 2 is 2.36 bits per heavy atom. The van der Waals surface area contributed by atoms with Crippen molar-refractivity contribution in [2.45, 2.75) is 38.1 Å². The van der Waals surface area contributed by atoms with Crippen LogP contribution in [0.25, 0.3) is 0 Å². The molecule has 0 spiro atoms. The van der Waals surface area contributed by atoms with Crippen molar-refractivity contribution in [2.24, 2.45) is 0 Å². The molecule has 1 atom stereocenters. The molecular weight excluding hydrogens is 262 g/mol. The van der Waals surface area contributed by atoms with Gasteiger partial charge in [-0.05, 0) is 31.4 Å². The monoisotopic (exact) mass is 279 g/mol. The lowest BCUT2D eigenvalue weighted by molar-refractivity contribution is -0.121. The van der Waals surface area contributed by atoms with Crippen molar-refractivity contribution < 1.29 is 4.79 Å². The lowest BCUT2D eigenvalue weighted by Gasteiger charge is -2.22. The zero-order chi connectivity index (χ0) is 10.2. The van der Waals surface area contributed by atoms with E-state index in [-0.39, 0.29) is 5.91 Å². The van der Waals surface area contributed by atoms with E-state index in [4.69, 9.17) is 0 Å². The summed E-state index contributed by atoms with van der Waals surface area (Å²) >= 11 is 5.31. The van der Waals surface area contributed by atoms with Crippen LogP contribution in [0.1, 0.15) is 32.1 Å². The Bertz CT molecular complexity index is 172. The van der Waals surface area contributed by atoms with Gasteiger partial charge >= 0.3 is 0 Å². The van der Waals surface area contributed by atoms with Crippen molar-refractivity contribution in [3.8, 4) is 0 Å². The molecular formula is C10H18BrNOS. The van der Waals surface area contributed by atoms with Crippen molar-refractivity contribution in [1.82, 2.24) is 5.32 Å². The Morgan fingerprint density at radius 1 is 1.50 bits per heavy atom. The molecule has 0 aromatic heterocycles. The number of carbonyl (C=O) groups excluding carboxylic acids is 1. The number of hydrogen-bond donors (Lipinski definition) is 1. The Morgan fingerprint density at radius 3 is 3.00 bits per heavy atom. The fourth-order valence-corrected chi connectivity index (χ4v) is 3.00. The summed E-state index contributed by atoms with van der Waals surface area (Å²) in [5.74, 6) is 2.60. The van der Waals surface area contributed by atoms with Crippen molar-refractivity contribution in [3.63, 3.8) is 0 Å². The van der Waals surface area contributed by atoms with Gasteiger partial charge in [0, 0.05) is 23.5 Å². The molecule has 0 aromatic carbocycles. The Balaban J connectivity index is 2.06. The smallest absolute Gasteiger partial charge is 0.220 e. The average molecular weight is 280 g/mol. The predicted molar refractivity (Wildman–Crippen MR) is 66.1 cm³/mol. The third-order valence-electron chi connectivity index (χ3n) is 2.31. The van der Waals surface area contributed by atoms with E-state index in [1.165, 1.54) is 12.2 Å². The van der Waals surface area contributed by atoms with Gasteiger partial charge in [-0.25, -0.2) is 0 Å². The summed E-state index contributed by atoms with van der Waals surface area (Å²) in [5, 5.41) is 4.10. The van der Waals surface area contributed by atoms with Crippen LogP contribution >= 0.6 is 27.7 Å². The molecule has 1 fully saturated rings. The maximum absolute atomic E-state index is 11.5. The van der Waals surface area contributed by atoms with Crippen LogP contribution < -0.4 is 5.32 Å².